The second-order valence-corrected chi connectivity index (χ2v) is 6.58. The zero-order chi connectivity index (χ0) is 20.4. The SMILES string of the molecule is COc1cccc(NC(=O)Nc2ccc3c(c2)C(=O)Nc2cc(C)ccc2O3)c1. The molecule has 0 aromatic heterocycles. The summed E-state index contributed by atoms with van der Waals surface area (Å²) < 4.78 is 11.0. The van der Waals surface area contributed by atoms with E-state index >= 15 is 0 Å². The molecule has 3 N–H and O–H groups in total. The zero-order valence-electron chi connectivity index (χ0n) is 15.9. The Kier molecular flexibility index (Phi) is 4.78. The zero-order valence-corrected chi connectivity index (χ0v) is 15.9. The van der Waals surface area contributed by atoms with Crippen molar-refractivity contribution in [2.75, 3.05) is 23.1 Å². The van der Waals surface area contributed by atoms with Crippen LogP contribution in [0.1, 0.15) is 15.9 Å². The normalized spacial score (nSPS) is 11.9. The van der Waals surface area contributed by atoms with E-state index in [2.05, 4.69) is 16.0 Å². The molecule has 0 saturated carbocycles. The van der Waals surface area contributed by atoms with Crippen molar-refractivity contribution < 1.29 is 19.1 Å². The molecule has 0 unspecified atom stereocenters. The molecule has 3 amide bonds. The van der Waals surface area contributed by atoms with Crippen LogP contribution in [0.25, 0.3) is 0 Å². The average molecular weight is 389 g/mol. The summed E-state index contributed by atoms with van der Waals surface area (Å²) in [6, 6.07) is 17.1. The average Bonchev–Trinajstić information content (AvgIpc) is 2.83. The molecule has 0 spiro atoms. The number of carbonyl (C=O) groups excluding carboxylic acids is 2. The first-order chi connectivity index (χ1) is 14.0. The highest BCUT2D eigenvalue weighted by Crippen LogP contribution is 2.37. The van der Waals surface area contributed by atoms with Crippen molar-refractivity contribution in [1.82, 2.24) is 0 Å². The lowest BCUT2D eigenvalue weighted by molar-refractivity contribution is 0.102. The highest BCUT2D eigenvalue weighted by molar-refractivity contribution is 6.09. The Morgan fingerprint density at radius 2 is 1.72 bits per heavy atom. The Hall–Kier alpha value is -4.00. The Labute approximate surface area is 167 Å². The van der Waals surface area contributed by atoms with Crippen LogP contribution in [0, 0.1) is 6.92 Å². The Morgan fingerprint density at radius 1 is 0.966 bits per heavy atom. The molecule has 7 heteroatoms. The molecule has 0 radical (unpaired) electrons. The number of urea groups is 1. The second-order valence-electron chi connectivity index (χ2n) is 6.58. The molecule has 7 nitrogen and oxygen atoms in total. The van der Waals surface area contributed by atoms with Crippen LogP contribution in [0.5, 0.6) is 17.2 Å². The standard InChI is InChI=1S/C22H19N3O4/c1-13-6-8-20-18(10-13)25-21(26)17-12-15(7-9-19(17)29-20)24-22(27)23-14-4-3-5-16(11-14)28-2/h3-12H,1-2H3,(H,25,26)(H2,23,24,27). The van der Waals surface area contributed by atoms with Crippen LogP contribution >= 0.6 is 0 Å². The van der Waals surface area contributed by atoms with Crippen molar-refractivity contribution in [3.05, 3.63) is 71.8 Å². The summed E-state index contributed by atoms with van der Waals surface area (Å²) in [7, 11) is 1.56. The lowest BCUT2D eigenvalue weighted by Gasteiger charge is -2.11. The summed E-state index contributed by atoms with van der Waals surface area (Å²) in [5.41, 5.74) is 3.00. The number of carbonyl (C=O) groups is 2. The van der Waals surface area contributed by atoms with Crippen molar-refractivity contribution in [1.29, 1.82) is 0 Å². The van der Waals surface area contributed by atoms with Crippen LogP contribution in [0.2, 0.25) is 0 Å². The van der Waals surface area contributed by atoms with Gasteiger partial charge in [0.05, 0.1) is 18.4 Å². The maximum atomic E-state index is 12.6. The highest BCUT2D eigenvalue weighted by atomic mass is 16.5. The van der Waals surface area contributed by atoms with Crippen LogP contribution in [-0.4, -0.2) is 19.0 Å². The van der Waals surface area contributed by atoms with Gasteiger partial charge < -0.3 is 25.4 Å². The lowest BCUT2D eigenvalue weighted by atomic mass is 10.1. The number of amides is 3. The second kappa shape index (κ2) is 7.55. The maximum absolute atomic E-state index is 12.6. The summed E-state index contributed by atoms with van der Waals surface area (Å²) in [4.78, 5) is 25.0. The van der Waals surface area contributed by atoms with E-state index in [-0.39, 0.29) is 5.91 Å². The molecule has 0 fully saturated rings. The number of hydrogen-bond donors (Lipinski definition) is 3. The Bertz CT molecular complexity index is 1110. The quantitative estimate of drug-likeness (QED) is 0.588. The van der Waals surface area contributed by atoms with Crippen LogP contribution in [0.4, 0.5) is 21.9 Å². The maximum Gasteiger partial charge on any atom is 0.323 e. The number of rotatable bonds is 3. The van der Waals surface area contributed by atoms with Crippen molar-refractivity contribution in [3.8, 4) is 17.2 Å². The topological polar surface area (TPSA) is 88.7 Å². The van der Waals surface area contributed by atoms with Crippen LogP contribution in [-0.2, 0) is 0 Å². The third-order valence-electron chi connectivity index (χ3n) is 4.41. The van der Waals surface area contributed by atoms with Crippen LogP contribution < -0.4 is 25.4 Å². The fourth-order valence-electron chi connectivity index (χ4n) is 3.01. The Morgan fingerprint density at radius 3 is 2.52 bits per heavy atom. The predicted molar refractivity (Wildman–Crippen MR) is 111 cm³/mol. The molecule has 4 rings (SSSR count). The van der Waals surface area contributed by atoms with Gasteiger partial charge in [0.1, 0.15) is 11.5 Å². The van der Waals surface area contributed by atoms with Gasteiger partial charge in [0.25, 0.3) is 5.91 Å². The number of fused-ring (bicyclic) bond motifs is 2. The number of aryl methyl sites for hydroxylation is 1. The molecule has 146 valence electrons. The number of hydrogen-bond acceptors (Lipinski definition) is 4. The van der Waals surface area contributed by atoms with Crippen LogP contribution in [0.15, 0.2) is 60.7 Å². The third kappa shape index (κ3) is 3.98. The van der Waals surface area contributed by atoms with E-state index < -0.39 is 6.03 Å². The molecule has 1 aliphatic rings. The molecule has 3 aromatic rings. The molecular weight excluding hydrogens is 370 g/mol. The van der Waals surface area contributed by atoms with Crippen molar-refractivity contribution in [2.45, 2.75) is 6.92 Å². The molecule has 29 heavy (non-hydrogen) atoms. The van der Waals surface area contributed by atoms with Gasteiger partial charge in [0.2, 0.25) is 0 Å². The van der Waals surface area contributed by atoms with E-state index in [4.69, 9.17) is 9.47 Å². The third-order valence-corrected chi connectivity index (χ3v) is 4.41. The number of benzene rings is 3. The van der Waals surface area contributed by atoms with E-state index in [1.807, 2.05) is 25.1 Å². The van der Waals surface area contributed by atoms with Gasteiger partial charge in [-0.3, -0.25) is 4.79 Å². The van der Waals surface area contributed by atoms with Gasteiger partial charge in [0, 0.05) is 17.4 Å². The minimum absolute atomic E-state index is 0.304. The van der Waals surface area contributed by atoms with Crippen molar-refractivity contribution in [3.63, 3.8) is 0 Å². The van der Waals surface area contributed by atoms with Gasteiger partial charge in [-0.25, -0.2) is 4.79 Å². The van der Waals surface area contributed by atoms with E-state index in [0.29, 0.717) is 39.9 Å². The van der Waals surface area contributed by atoms with Gasteiger partial charge in [-0.05, 0) is 55.0 Å². The summed E-state index contributed by atoms with van der Waals surface area (Å²) in [6.45, 7) is 1.94. The first kappa shape index (κ1) is 18.4. The molecule has 0 atom stereocenters. The van der Waals surface area contributed by atoms with Crippen molar-refractivity contribution in [2.24, 2.45) is 0 Å². The fourth-order valence-corrected chi connectivity index (χ4v) is 3.01. The summed E-state index contributed by atoms with van der Waals surface area (Å²) in [5, 5.41) is 8.30. The fraction of sp³-hybridized carbons (Fsp3) is 0.0909. The minimum Gasteiger partial charge on any atom is -0.497 e. The predicted octanol–water partition coefficient (Wildman–Crippen LogP) is 5.01. The van der Waals surface area contributed by atoms with Gasteiger partial charge in [-0.15, -0.1) is 0 Å². The molecule has 0 bridgehead atoms. The summed E-state index contributed by atoms with van der Waals surface area (Å²) in [5.74, 6) is 1.32. The van der Waals surface area contributed by atoms with Gasteiger partial charge in [0.15, 0.2) is 5.75 Å². The van der Waals surface area contributed by atoms with Gasteiger partial charge in [-0.2, -0.15) is 0 Å². The summed E-state index contributed by atoms with van der Waals surface area (Å²) >= 11 is 0. The Balaban J connectivity index is 1.52. The molecule has 3 aromatic carbocycles. The van der Waals surface area contributed by atoms with E-state index in [1.165, 1.54) is 0 Å². The van der Waals surface area contributed by atoms with E-state index in [9.17, 15) is 9.59 Å². The molecule has 0 saturated heterocycles. The van der Waals surface area contributed by atoms with E-state index in [0.717, 1.165) is 5.56 Å². The first-order valence-electron chi connectivity index (χ1n) is 8.98. The largest absolute Gasteiger partial charge is 0.497 e. The van der Waals surface area contributed by atoms with Crippen molar-refractivity contribution >= 4 is 29.0 Å². The number of ether oxygens (including phenoxy) is 2. The number of anilines is 3. The molecule has 0 aliphatic carbocycles. The molecule has 1 heterocycles. The lowest BCUT2D eigenvalue weighted by Crippen LogP contribution is -2.20. The smallest absolute Gasteiger partial charge is 0.323 e. The number of nitrogens with one attached hydrogen (secondary N) is 3. The summed E-state index contributed by atoms with van der Waals surface area (Å²) in [6.07, 6.45) is 0. The molecule has 1 aliphatic heterocycles. The highest BCUT2D eigenvalue weighted by Gasteiger charge is 2.21. The minimum atomic E-state index is -0.438. The van der Waals surface area contributed by atoms with Crippen LogP contribution in [0.3, 0.4) is 0 Å². The monoisotopic (exact) mass is 389 g/mol. The first-order valence-corrected chi connectivity index (χ1v) is 8.98. The van der Waals surface area contributed by atoms with E-state index in [1.54, 1.807) is 49.6 Å². The van der Waals surface area contributed by atoms with Gasteiger partial charge >= 0.3 is 6.03 Å². The van der Waals surface area contributed by atoms with Gasteiger partial charge in [-0.1, -0.05) is 12.1 Å². The number of methoxy groups -OCH3 is 1. The molecular formula is C22H19N3O4.